The number of nitrogens with one attached hydrogen (secondary N) is 2. The van der Waals surface area contributed by atoms with Gasteiger partial charge in [0.2, 0.25) is 0 Å². The molecule has 0 saturated carbocycles. The molecule has 2 amide bonds. The fourth-order valence-electron chi connectivity index (χ4n) is 1.88. The van der Waals surface area contributed by atoms with Crippen molar-refractivity contribution in [2.75, 3.05) is 6.61 Å². The summed E-state index contributed by atoms with van der Waals surface area (Å²) >= 11 is 0. The third-order valence-electron chi connectivity index (χ3n) is 3.05. The van der Waals surface area contributed by atoms with Crippen molar-refractivity contribution in [3.8, 4) is 5.75 Å². The van der Waals surface area contributed by atoms with Gasteiger partial charge in [0.05, 0.1) is 6.61 Å². The van der Waals surface area contributed by atoms with Gasteiger partial charge in [-0.25, -0.2) is 4.39 Å². The van der Waals surface area contributed by atoms with Crippen LogP contribution in [-0.4, -0.2) is 18.4 Å². The lowest BCUT2D eigenvalue weighted by Crippen LogP contribution is -2.40. The first kappa shape index (κ1) is 17.2. The molecule has 0 saturated heterocycles. The van der Waals surface area contributed by atoms with Crippen molar-refractivity contribution in [3.05, 3.63) is 71.6 Å². The van der Waals surface area contributed by atoms with Crippen LogP contribution in [0.2, 0.25) is 0 Å². The molecule has 0 unspecified atom stereocenters. The Hall–Kier alpha value is -3.15. The predicted molar refractivity (Wildman–Crippen MR) is 88.7 cm³/mol. The van der Waals surface area contributed by atoms with Gasteiger partial charge >= 0.3 is 0 Å². The highest BCUT2D eigenvalue weighted by Gasteiger charge is 2.06. The average Bonchev–Trinajstić information content (AvgIpc) is 2.60. The molecule has 0 bridgehead atoms. The average molecular weight is 328 g/mol. The summed E-state index contributed by atoms with van der Waals surface area (Å²) in [7, 11) is 0. The van der Waals surface area contributed by atoms with E-state index >= 15 is 0 Å². The first-order valence-corrected chi connectivity index (χ1v) is 7.36. The summed E-state index contributed by atoms with van der Waals surface area (Å²) < 4.78 is 18.7. The van der Waals surface area contributed by atoms with E-state index in [1.165, 1.54) is 18.2 Å². The minimum absolute atomic E-state index is 0.283. The minimum Gasteiger partial charge on any atom is -0.494 e. The number of ether oxygens (including phenoxy) is 1. The molecule has 24 heavy (non-hydrogen) atoms. The monoisotopic (exact) mass is 328 g/mol. The number of hydrogen-bond acceptors (Lipinski definition) is 3. The Morgan fingerprint density at radius 3 is 2.46 bits per heavy atom. The van der Waals surface area contributed by atoms with Crippen molar-refractivity contribution in [3.63, 3.8) is 0 Å². The van der Waals surface area contributed by atoms with Crippen molar-refractivity contribution in [1.29, 1.82) is 0 Å². The quantitative estimate of drug-likeness (QED) is 0.655. The Morgan fingerprint density at radius 2 is 1.79 bits per heavy atom. The van der Waals surface area contributed by atoms with Gasteiger partial charge in [-0.05, 0) is 43.3 Å². The smallest absolute Gasteiger partial charge is 0.269 e. The van der Waals surface area contributed by atoms with E-state index in [0.717, 1.165) is 6.08 Å². The van der Waals surface area contributed by atoms with Gasteiger partial charge in [-0.2, -0.15) is 0 Å². The Labute approximate surface area is 139 Å². The van der Waals surface area contributed by atoms with Gasteiger partial charge in [-0.15, -0.1) is 0 Å². The fourth-order valence-corrected chi connectivity index (χ4v) is 1.88. The summed E-state index contributed by atoms with van der Waals surface area (Å²) in [4.78, 5) is 23.5. The maximum Gasteiger partial charge on any atom is 0.269 e. The second-order valence-corrected chi connectivity index (χ2v) is 4.76. The molecule has 0 aliphatic heterocycles. The van der Waals surface area contributed by atoms with Crippen LogP contribution in [0.15, 0.2) is 54.6 Å². The molecule has 0 aliphatic rings. The topological polar surface area (TPSA) is 67.4 Å². The van der Waals surface area contributed by atoms with Gasteiger partial charge in [0.15, 0.2) is 0 Å². The van der Waals surface area contributed by atoms with Gasteiger partial charge in [0, 0.05) is 17.2 Å². The van der Waals surface area contributed by atoms with Crippen LogP contribution in [0.1, 0.15) is 22.8 Å². The van der Waals surface area contributed by atoms with Gasteiger partial charge in [0.25, 0.3) is 11.8 Å². The van der Waals surface area contributed by atoms with Gasteiger partial charge in [0.1, 0.15) is 11.6 Å². The first-order chi connectivity index (χ1) is 11.6. The number of benzene rings is 2. The normalized spacial score (nSPS) is 10.4. The molecule has 124 valence electrons. The molecule has 2 aromatic carbocycles. The summed E-state index contributed by atoms with van der Waals surface area (Å²) in [5.41, 5.74) is 5.16. The van der Waals surface area contributed by atoms with E-state index in [1.54, 1.807) is 36.4 Å². The highest BCUT2D eigenvalue weighted by Crippen LogP contribution is 2.11. The molecule has 2 aromatic rings. The van der Waals surface area contributed by atoms with Crippen LogP contribution in [-0.2, 0) is 4.79 Å². The van der Waals surface area contributed by atoms with Gasteiger partial charge < -0.3 is 4.74 Å². The van der Waals surface area contributed by atoms with Crippen molar-refractivity contribution in [2.24, 2.45) is 0 Å². The Morgan fingerprint density at radius 1 is 1.08 bits per heavy atom. The standard InChI is InChI=1S/C18H17FN2O3/c1-2-24-15-10-7-14(8-11-15)18(23)21-20-17(22)12-9-13-5-3-4-6-16(13)19/h3-12H,2H2,1H3,(H,20,22)(H,21,23)/b12-9+. The molecule has 2 rings (SSSR count). The summed E-state index contributed by atoms with van der Waals surface area (Å²) in [6.07, 6.45) is 2.46. The van der Waals surface area contributed by atoms with E-state index in [4.69, 9.17) is 4.74 Å². The number of amides is 2. The third-order valence-corrected chi connectivity index (χ3v) is 3.05. The largest absolute Gasteiger partial charge is 0.494 e. The molecule has 0 fully saturated rings. The highest BCUT2D eigenvalue weighted by molar-refractivity contribution is 5.97. The fraction of sp³-hybridized carbons (Fsp3) is 0.111. The lowest BCUT2D eigenvalue weighted by Gasteiger charge is -2.07. The van der Waals surface area contributed by atoms with E-state index in [1.807, 2.05) is 6.92 Å². The molecule has 0 heterocycles. The zero-order valence-corrected chi connectivity index (χ0v) is 13.1. The molecule has 0 radical (unpaired) electrons. The van der Waals surface area contributed by atoms with Crippen LogP contribution < -0.4 is 15.6 Å². The zero-order valence-electron chi connectivity index (χ0n) is 13.1. The van der Waals surface area contributed by atoms with Crippen molar-refractivity contribution in [1.82, 2.24) is 10.9 Å². The van der Waals surface area contributed by atoms with Crippen LogP contribution >= 0.6 is 0 Å². The van der Waals surface area contributed by atoms with Gasteiger partial charge in [-0.3, -0.25) is 20.4 Å². The van der Waals surface area contributed by atoms with Crippen LogP contribution in [0.5, 0.6) is 5.75 Å². The molecular formula is C18H17FN2O3. The van der Waals surface area contributed by atoms with E-state index < -0.39 is 17.6 Å². The lowest BCUT2D eigenvalue weighted by atomic mass is 10.2. The van der Waals surface area contributed by atoms with Crippen molar-refractivity contribution in [2.45, 2.75) is 6.92 Å². The highest BCUT2D eigenvalue weighted by atomic mass is 19.1. The van der Waals surface area contributed by atoms with Crippen LogP contribution in [0, 0.1) is 5.82 Å². The number of rotatable bonds is 5. The Bertz CT molecular complexity index is 742. The molecule has 0 spiro atoms. The molecule has 2 N–H and O–H groups in total. The number of hydrogen-bond donors (Lipinski definition) is 2. The van der Waals surface area contributed by atoms with Crippen LogP contribution in [0.4, 0.5) is 4.39 Å². The second-order valence-electron chi connectivity index (χ2n) is 4.76. The summed E-state index contributed by atoms with van der Waals surface area (Å²) in [5, 5.41) is 0. The summed E-state index contributed by atoms with van der Waals surface area (Å²) in [6.45, 7) is 2.40. The molecule has 0 aromatic heterocycles. The summed E-state index contributed by atoms with van der Waals surface area (Å²) in [5.74, 6) is -0.811. The Kier molecular flexibility index (Phi) is 6.08. The molecular weight excluding hydrogens is 311 g/mol. The van der Waals surface area contributed by atoms with E-state index in [9.17, 15) is 14.0 Å². The number of halogens is 1. The predicted octanol–water partition coefficient (Wildman–Crippen LogP) is 2.70. The van der Waals surface area contributed by atoms with Crippen LogP contribution in [0.3, 0.4) is 0 Å². The Balaban J connectivity index is 1.87. The van der Waals surface area contributed by atoms with Crippen LogP contribution in [0.25, 0.3) is 6.08 Å². The maximum absolute atomic E-state index is 13.4. The lowest BCUT2D eigenvalue weighted by molar-refractivity contribution is -0.117. The second kappa shape index (κ2) is 8.47. The first-order valence-electron chi connectivity index (χ1n) is 7.36. The summed E-state index contributed by atoms with van der Waals surface area (Å²) in [6, 6.07) is 12.6. The third kappa shape index (κ3) is 4.95. The molecule has 5 nitrogen and oxygen atoms in total. The maximum atomic E-state index is 13.4. The number of hydrazine groups is 1. The van der Waals surface area contributed by atoms with Crippen molar-refractivity contribution >= 4 is 17.9 Å². The van der Waals surface area contributed by atoms with Gasteiger partial charge in [-0.1, -0.05) is 18.2 Å². The minimum atomic E-state index is -0.572. The molecule has 6 heteroatoms. The number of carbonyl (C=O) groups excluding carboxylic acids is 2. The zero-order chi connectivity index (χ0) is 17.4. The van der Waals surface area contributed by atoms with E-state index in [2.05, 4.69) is 10.9 Å². The molecule has 0 aliphatic carbocycles. The molecule has 0 atom stereocenters. The van der Waals surface area contributed by atoms with E-state index in [-0.39, 0.29) is 5.56 Å². The number of carbonyl (C=O) groups is 2. The van der Waals surface area contributed by atoms with E-state index in [0.29, 0.717) is 17.9 Å². The van der Waals surface area contributed by atoms with Crippen molar-refractivity contribution < 1.29 is 18.7 Å². The SMILES string of the molecule is CCOc1ccc(C(=O)NNC(=O)/C=C/c2ccccc2F)cc1.